The van der Waals surface area contributed by atoms with E-state index in [4.69, 9.17) is 11.1 Å². The fourth-order valence-corrected chi connectivity index (χ4v) is 3.61. The second-order valence-corrected chi connectivity index (χ2v) is 8.53. The van der Waals surface area contributed by atoms with E-state index in [9.17, 15) is 18.3 Å². The minimum Gasteiger partial charge on any atom is -0.398 e. The molecule has 166 valence electrons. The lowest BCUT2D eigenvalue weighted by Gasteiger charge is -2.15. The molecule has 0 aliphatic rings. The van der Waals surface area contributed by atoms with Crippen molar-refractivity contribution in [3.05, 3.63) is 71.3 Å². The van der Waals surface area contributed by atoms with Crippen LogP contribution in [0.5, 0.6) is 0 Å². The van der Waals surface area contributed by atoms with Crippen molar-refractivity contribution in [2.24, 2.45) is 5.73 Å². The van der Waals surface area contributed by atoms with Gasteiger partial charge in [0.15, 0.2) is 0 Å². The highest BCUT2D eigenvalue weighted by molar-refractivity contribution is 7.89. The van der Waals surface area contributed by atoms with Gasteiger partial charge in [-0.1, -0.05) is 35.9 Å². The lowest BCUT2D eigenvalue weighted by molar-refractivity contribution is -0.119. The number of hydrogen-bond donors (Lipinski definition) is 6. The highest BCUT2D eigenvalue weighted by atomic mass is 32.2. The predicted molar refractivity (Wildman–Crippen MR) is 120 cm³/mol. The van der Waals surface area contributed by atoms with Crippen LogP contribution in [0.1, 0.15) is 22.9 Å². The van der Waals surface area contributed by atoms with Gasteiger partial charge in [-0.15, -0.1) is 0 Å². The molecule has 7 N–H and O–H groups in total. The van der Waals surface area contributed by atoms with Crippen molar-refractivity contribution >= 4 is 27.8 Å². The van der Waals surface area contributed by atoms with Gasteiger partial charge in [0.25, 0.3) is 0 Å². The molecule has 0 saturated carbocycles. The van der Waals surface area contributed by atoms with Gasteiger partial charge < -0.3 is 21.6 Å². The minimum atomic E-state index is -3.76. The standard InChI is InChI=1S/C21H27N5O4S/c1-15-5-7-18(8-6-15)31(29,30)26-14-20(27)24-11-12-25-21(28)17-4-2-3-16(13-17)19(23)9-10-22/h2-10,13,21-22,25-26,28H,11-12,14,23H2,1H3,(H,24,27). The highest BCUT2D eigenvalue weighted by Crippen LogP contribution is 2.15. The average molecular weight is 446 g/mol. The second kappa shape index (κ2) is 11.4. The Morgan fingerprint density at radius 2 is 1.90 bits per heavy atom. The Hall–Kier alpha value is -3.05. The zero-order valence-corrected chi connectivity index (χ0v) is 17.9. The molecule has 10 heteroatoms. The molecule has 2 aromatic rings. The summed E-state index contributed by atoms with van der Waals surface area (Å²) in [6.45, 7) is 1.91. The molecular weight excluding hydrogens is 418 g/mol. The Balaban J connectivity index is 1.76. The minimum absolute atomic E-state index is 0.0917. The Morgan fingerprint density at radius 3 is 2.58 bits per heavy atom. The second-order valence-electron chi connectivity index (χ2n) is 6.76. The molecule has 1 atom stereocenters. The van der Waals surface area contributed by atoms with Crippen molar-refractivity contribution in [1.82, 2.24) is 15.4 Å². The van der Waals surface area contributed by atoms with Crippen LogP contribution in [0, 0.1) is 12.3 Å². The maximum Gasteiger partial charge on any atom is 0.241 e. The van der Waals surface area contributed by atoms with Crippen LogP contribution >= 0.6 is 0 Å². The number of allylic oxidation sites excluding steroid dienone is 1. The lowest BCUT2D eigenvalue weighted by Crippen LogP contribution is -2.40. The summed E-state index contributed by atoms with van der Waals surface area (Å²) in [6.07, 6.45) is 1.55. The number of carbonyl (C=O) groups excluding carboxylic acids is 1. The van der Waals surface area contributed by atoms with Gasteiger partial charge in [0.2, 0.25) is 15.9 Å². The fourth-order valence-electron chi connectivity index (χ4n) is 2.63. The van der Waals surface area contributed by atoms with E-state index in [1.807, 2.05) is 6.92 Å². The van der Waals surface area contributed by atoms with Gasteiger partial charge >= 0.3 is 0 Å². The Bertz CT molecular complexity index is 1040. The van der Waals surface area contributed by atoms with Crippen LogP contribution in [-0.2, 0) is 14.8 Å². The third-order valence-electron chi connectivity index (χ3n) is 4.34. The Morgan fingerprint density at radius 1 is 1.19 bits per heavy atom. The lowest BCUT2D eigenvalue weighted by atomic mass is 10.1. The summed E-state index contributed by atoms with van der Waals surface area (Å²) in [4.78, 5) is 12.0. The molecule has 0 spiro atoms. The molecule has 0 fully saturated rings. The summed E-state index contributed by atoms with van der Waals surface area (Å²) in [5, 5.41) is 22.8. The van der Waals surface area contributed by atoms with Crippen molar-refractivity contribution < 1.29 is 18.3 Å². The average Bonchev–Trinajstić information content (AvgIpc) is 2.76. The molecule has 0 radical (unpaired) electrons. The normalized spacial score (nSPS) is 12.9. The van der Waals surface area contributed by atoms with E-state index in [1.165, 1.54) is 18.2 Å². The van der Waals surface area contributed by atoms with Crippen molar-refractivity contribution in [3.63, 3.8) is 0 Å². The molecule has 1 unspecified atom stereocenters. The summed E-state index contributed by atoms with van der Waals surface area (Å²) in [5.41, 5.74) is 8.44. The largest absolute Gasteiger partial charge is 0.398 e. The molecule has 0 aliphatic heterocycles. The summed E-state index contributed by atoms with van der Waals surface area (Å²) >= 11 is 0. The molecule has 0 aliphatic carbocycles. The first kappa shape index (κ1) is 24.2. The first-order valence-corrected chi connectivity index (χ1v) is 11.0. The van der Waals surface area contributed by atoms with Crippen LogP contribution in [0.2, 0.25) is 0 Å². The molecule has 0 saturated heterocycles. The number of amides is 1. The van der Waals surface area contributed by atoms with Crippen molar-refractivity contribution in [2.75, 3.05) is 19.6 Å². The molecule has 0 aromatic heterocycles. The van der Waals surface area contributed by atoms with Gasteiger partial charge in [-0.25, -0.2) is 13.1 Å². The number of carbonyl (C=O) groups is 1. The van der Waals surface area contributed by atoms with Crippen molar-refractivity contribution in [1.29, 1.82) is 5.41 Å². The number of nitrogens with one attached hydrogen (secondary N) is 4. The number of hydrogen-bond acceptors (Lipinski definition) is 7. The highest BCUT2D eigenvalue weighted by Gasteiger charge is 2.15. The SMILES string of the molecule is Cc1ccc(S(=O)(=O)NCC(=O)NCCNC(O)c2cccc(C(N)=CC=N)c2)cc1. The van der Waals surface area contributed by atoms with Gasteiger partial charge in [-0.2, -0.15) is 0 Å². The fraction of sp³-hybridized carbons (Fsp3) is 0.238. The quantitative estimate of drug-likeness (QED) is 0.169. The molecule has 0 heterocycles. The van der Waals surface area contributed by atoms with Crippen molar-refractivity contribution in [2.45, 2.75) is 18.0 Å². The zero-order chi connectivity index (χ0) is 22.9. The first-order valence-electron chi connectivity index (χ1n) is 9.54. The van der Waals surface area contributed by atoms with Crippen LogP contribution in [0.15, 0.2) is 59.5 Å². The molecular formula is C21H27N5O4S. The number of rotatable bonds is 11. The topological polar surface area (TPSA) is 157 Å². The van der Waals surface area contributed by atoms with Crippen LogP contribution in [0.25, 0.3) is 5.70 Å². The Labute approximate surface area is 181 Å². The van der Waals surface area contributed by atoms with Gasteiger partial charge in [0, 0.05) is 25.0 Å². The van der Waals surface area contributed by atoms with E-state index in [1.54, 1.807) is 36.4 Å². The molecule has 2 rings (SSSR count). The maximum atomic E-state index is 12.2. The van der Waals surface area contributed by atoms with Gasteiger partial charge in [0.05, 0.1) is 11.4 Å². The number of aliphatic hydroxyl groups is 1. The number of sulfonamides is 1. The predicted octanol–water partition coefficient (Wildman–Crippen LogP) is 0.619. The molecule has 2 aromatic carbocycles. The number of benzene rings is 2. The third kappa shape index (κ3) is 7.61. The summed E-state index contributed by atoms with van der Waals surface area (Å²) in [6, 6.07) is 13.2. The number of aliphatic hydroxyl groups excluding tert-OH is 1. The van der Waals surface area contributed by atoms with E-state index in [0.29, 0.717) is 16.8 Å². The smallest absolute Gasteiger partial charge is 0.241 e. The van der Waals surface area contributed by atoms with Crippen LogP contribution in [-0.4, -0.2) is 45.3 Å². The van der Waals surface area contributed by atoms with Crippen molar-refractivity contribution in [3.8, 4) is 0 Å². The van der Waals surface area contributed by atoms with Crippen LogP contribution in [0.4, 0.5) is 0 Å². The molecule has 1 amide bonds. The maximum absolute atomic E-state index is 12.2. The van der Waals surface area contributed by atoms with E-state index in [2.05, 4.69) is 15.4 Å². The molecule has 0 bridgehead atoms. The summed E-state index contributed by atoms with van der Waals surface area (Å²) in [5.74, 6) is -0.487. The van der Waals surface area contributed by atoms with E-state index < -0.39 is 22.2 Å². The van der Waals surface area contributed by atoms with Crippen LogP contribution in [0.3, 0.4) is 0 Å². The van der Waals surface area contributed by atoms with Crippen LogP contribution < -0.4 is 21.1 Å². The first-order chi connectivity index (χ1) is 14.7. The van der Waals surface area contributed by atoms with Gasteiger partial charge in [-0.05, 0) is 42.3 Å². The Kier molecular flexibility index (Phi) is 8.88. The summed E-state index contributed by atoms with van der Waals surface area (Å²) in [7, 11) is -3.76. The summed E-state index contributed by atoms with van der Waals surface area (Å²) < 4.78 is 26.6. The zero-order valence-electron chi connectivity index (χ0n) is 17.1. The van der Waals surface area contributed by atoms with E-state index >= 15 is 0 Å². The number of nitrogens with two attached hydrogens (primary N) is 1. The van der Waals surface area contributed by atoms with E-state index in [-0.39, 0.29) is 24.5 Å². The number of aryl methyl sites for hydroxylation is 1. The molecule has 31 heavy (non-hydrogen) atoms. The third-order valence-corrected chi connectivity index (χ3v) is 5.75. The molecule has 9 nitrogen and oxygen atoms in total. The van der Waals surface area contributed by atoms with Gasteiger partial charge in [0.1, 0.15) is 6.23 Å². The van der Waals surface area contributed by atoms with Gasteiger partial charge in [-0.3, -0.25) is 10.1 Å². The monoisotopic (exact) mass is 445 g/mol. The van der Waals surface area contributed by atoms with E-state index in [0.717, 1.165) is 11.8 Å².